The fourth-order valence-corrected chi connectivity index (χ4v) is 4.07. The van der Waals surface area contributed by atoms with Gasteiger partial charge in [-0.15, -0.1) is 5.10 Å². The van der Waals surface area contributed by atoms with Crippen LogP contribution < -0.4 is 20.5 Å². The zero-order valence-electron chi connectivity index (χ0n) is 15.3. The van der Waals surface area contributed by atoms with Gasteiger partial charge in [-0.2, -0.15) is 5.26 Å². The molecule has 142 valence electrons. The first-order valence-electron chi connectivity index (χ1n) is 8.83. The number of aromatic nitrogens is 2. The van der Waals surface area contributed by atoms with E-state index in [-0.39, 0.29) is 23.2 Å². The van der Waals surface area contributed by atoms with Crippen molar-refractivity contribution in [1.82, 2.24) is 10.2 Å². The van der Waals surface area contributed by atoms with Gasteiger partial charge in [-0.3, -0.25) is 9.89 Å². The van der Waals surface area contributed by atoms with Crippen molar-refractivity contribution >= 4 is 11.6 Å². The van der Waals surface area contributed by atoms with Gasteiger partial charge in [0, 0.05) is 16.8 Å². The van der Waals surface area contributed by atoms with Crippen LogP contribution in [0.3, 0.4) is 0 Å². The van der Waals surface area contributed by atoms with Crippen molar-refractivity contribution in [3.8, 4) is 29.0 Å². The van der Waals surface area contributed by atoms with Gasteiger partial charge in [-0.1, -0.05) is 18.2 Å². The number of nitrogens with zero attached hydrogens (tertiary/aromatic N) is 2. The van der Waals surface area contributed by atoms with Crippen LogP contribution in [0.15, 0.2) is 60.0 Å². The average molecular weight is 385 g/mol. The van der Waals surface area contributed by atoms with Gasteiger partial charge in [0.15, 0.2) is 0 Å². The van der Waals surface area contributed by atoms with Gasteiger partial charge in [-0.05, 0) is 30.3 Å². The molecule has 0 saturated carbocycles. The summed E-state index contributed by atoms with van der Waals surface area (Å²) in [4.78, 5) is 13.4. The first-order valence-corrected chi connectivity index (χ1v) is 8.83. The first-order chi connectivity index (χ1) is 14.1. The fourth-order valence-electron chi connectivity index (χ4n) is 4.07. The maximum absolute atomic E-state index is 13.4. The quantitative estimate of drug-likeness (QED) is 0.622. The van der Waals surface area contributed by atoms with Crippen LogP contribution in [0.25, 0.3) is 11.3 Å². The van der Waals surface area contributed by atoms with E-state index in [1.165, 1.54) is 0 Å². The minimum absolute atomic E-state index is 0.0311. The standard InChI is InChI=1S/C21H15N5O3/c1-28-12-8-6-11(7-9-12)17-16-19(26-25-17)29-18(23)14(10-22)21(16)13-4-2-3-5-15(13)24-20(21)27/h2-9H,23H2,1H3,(H,24,27)(H,25,26)/t21-/m1/s1. The molecule has 2 aromatic carbocycles. The van der Waals surface area contributed by atoms with Crippen LogP contribution in [0.5, 0.6) is 11.6 Å². The normalized spacial score (nSPS) is 19.2. The van der Waals surface area contributed by atoms with Gasteiger partial charge in [0.05, 0.1) is 18.4 Å². The highest BCUT2D eigenvalue weighted by Crippen LogP contribution is 2.55. The van der Waals surface area contributed by atoms with Gasteiger partial charge in [0.1, 0.15) is 22.8 Å². The van der Waals surface area contributed by atoms with Crippen LogP contribution in [0.4, 0.5) is 5.69 Å². The largest absolute Gasteiger partial charge is 0.497 e. The van der Waals surface area contributed by atoms with E-state index in [1.54, 1.807) is 31.4 Å². The number of H-pyrrole nitrogens is 1. The SMILES string of the molecule is COc1ccc(-c2[nH]nc3c2[C@]2(C(=O)Nc4ccccc42)C(C#N)=C(N)O3)cc1. The van der Waals surface area contributed by atoms with Gasteiger partial charge >= 0.3 is 0 Å². The van der Waals surface area contributed by atoms with Crippen LogP contribution in [0.1, 0.15) is 11.1 Å². The van der Waals surface area contributed by atoms with Crippen molar-refractivity contribution < 1.29 is 14.3 Å². The Hall–Kier alpha value is -4.25. The van der Waals surface area contributed by atoms with Gasteiger partial charge in [0.25, 0.3) is 0 Å². The molecule has 0 radical (unpaired) electrons. The third kappa shape index (κ3) is 2.07. The van der Waals surface area contributed by atoms with E-state index < -0.39 is 5.41 Å². The average Bonchev–Trinajstić information content (AvgIpc) is 3.28. The maximum atomic E-state index is 13.4. The van der Waals surface area contributed by atoms with E-state index in [9.17, 15) is 10.1 Å². The Bertz CT molecular complexity index is 1240. The molecule has 0 saturated heterocycles. The molecular weight excluding hydrogens is 370 g/mol. The van der Waals surface area contributed by atoms with Crippen molar-refractivity contribution in [3.63, 3.8) is 0 Å². The molecule has 3 heterocycles. The van der Waals surface area contributed by atoms with Crippen LogP contribution in [0.2, 0.25) is 0 Å². The zero-order valence-corrected chi connectivity index (χ0v) is 15.3. The van der Waals surface area contributed by atoms with Gasteiger partial charge < -0.3 is 20.5 Å². The monoisotopic (exact) mass is 385 g/mol. The van der Waals surface area contributed by atoms with Crippen molar-refractivity contribution in [3.05, 3.63) is 71.1 Å². The highest BCUT2D eigenvalue weighted by molar-refractivity contribution is 6.13. The molecule has 8 heteroatoms. The number of nitrogens with one attached hydrogen (secondary N) is 2. The summed E-state index contributed by atoms with van der Waals surface area (Å²) in [5, 5.41) is 20.0. The Morgan fingerprint density at radius 1 is 1.21 bits per heavy atom. The van der Waals surface area contributed by atoms with E-state index in [0.29, 0.717) is 28.3 Å². The molecule has 2 aliphatic rings. The molecule has 5 rings (SSSR count). The predicted octanol–water partition coefficient (Wildman–Crippen LogP) is 2.41. The fraction of sp³-hybridized carbons (Fsp3) is 0.0952. The number of anilines is 1. The summed E-state index contributed by atoms with van der Waals surface area (Å²) in [7, 11) is 1.59. The third-order valence-corrected chi connectivity index (χ3v) is 5.35. The van der Waals surface area contributed by atoms with Crippen molar-refractivity contribution in [2.75, 3.05) is 12.4 Å². The summed E-state index contributed by atoms with van der Waals surface area (Å²) >= 11 is 0. The number of amides is 1. The number of fused-ring (bicyclic) bond motifs is 4. The van der Waals surface area contributed by atoms with Crippen molar-refractivity contribution in [1.29, 1.82) is 5.26 Å². The third-order valence-electron chi connectivity index (χ3n) is 5.35. The summed E-state index contributed by atoms with van der Waals surface area (Å²) in [6.07, 6.45) is 0. The minimum atomic E-state index is -1.45. The highest BCUT2D eigenvalue weighted by atomic mass is 16.5. The molecule has 8 nitrogen and oxygen atoms in total. The lowest BCUT2D eigenvalue weighted by molar-refractivity contribution is -0.118. The summed E-state index contributed by atoms with van der Waals surface area (Å²) in [5.41, 5.74) is 7.66. The van der Waals surface area contributed by atoms with Crippen molar-refractivity contribution in [2.45, 2.75) is 5.41 Å². The molecular formula is C21H15N5O3. The van der Waals surface area contributed by atoms with Crippen LogP contribution in [-0.4, -0.2) is 23.2 Å². The topological polar surface area (TPSA) is 126 Å². The molecule has 0 unspecified atom stereocenters. The number of hydrogen-bond acceptors (Lipinski definition) is 6. The molecule has 0 bridgehead atoms. The van der Waals surface area contributed by atoms with Crippen LogP contribution >= 0.6 is 0 Å². The van der Waals surface area contributed by atoms with E-state index in [2.05, 4.69) is 21.6 Å². The smallest absolute Gasteiger partial charge is 0.245 e. The number of nitriles is 1. The number of benzene rings is 2. The number of carbonyl (C=O) groups excluding carboxylic acids is 1. The first kappa shape index (κ1) is 16.9. The Kier molecular flexibility index (Phi) is 3.42. The number of hydrogen-bond donors (Lipinski definition) is 3. The van der Waals surface area contributed by atoms with E-state index in [0.717, 1.165) is 5.56 Å². The summed E-state index contributed by atoms with van der Waals surface area (Å²) in [6, 6.07) is 16.6. The highest BCUT2D eigenvalue weighted by Gasteiger charge is 2.58. The Morgan fingerprint density at radius 3 is 2.69 bits per heavy atom. The number of aromatic amines is 1. The molecule has 4 N–H and O–H groups in total. The Morgan fingerprint density at radius 2 is 1.97 bits per heavy atom. The number of nitrogens with two attached hydrogens (primary N) is 1. The number of ether oxygens (including phenoxy) is 2. The number of methoxy groups -OCH3 is 1. The lowest BCUT2D eigenvalue weighted by atomic mass is 9.68. The molecule has 1 spiro atoms. The Labute approximate surface area is 165 Å². The van der Waals surface area contributed by atoms with Gasteiger partial charge in [0.2, 0.25) is 17.7 Å². The second-order valence-corrected chi connectivity index (χ2v) is 6.71. The predicted molar refractivity (Wildman–Crippen MR) is 104 cm³/mol. The number of para-hydroxylation sites is 1. The molecule has 1 amide bonds. The van der Waals surface area contributed by atoms with E-state index >= 15 is 0 Å². The zero-order chi connectivity index (χ0) is 20.2. The van der Waals surface area contributed by atoms with Crippen LogP contribution in [-0.2, 0) is 10.2 Å². The molecule has 1 atom stereocenters. The van der Waals surface area contributed by atoms with E-state index in [1.807, 2.05) is 24.3 Å². The molecule has 2 aliphatic heterocycles. The lowest BCUT2D eigenvalue weighted by Gasteiger charge is -2.31. The number of rotatable bonds is 2. The lowest BCUT2D eigenvalue weighted by Crippen LogP contribution is -2.42. The summed E-state index contributed by atoms with van der Waals surface area (Å²) in [6.45, 7) is 0. The molecule has 29 heavy (non-hydrogen) atoms. The Balaban J connectivity index is 1.85. The second-order valence-electron chi connectivity index (χ2n) is 6.71. The molecule has 3 aromatic rings. The summed E-state index contributed by atoms with van der Waals surface area (Å²) in [5.74, 6) is 0.344. The maximum Gasteiger partial charge on any atom is 0.245 e. The molecule has 0 fully saturated rings. The second kappa shape index (κ2) is 5.87. The van der Waals surface area contributed by atoms with E-state index in [4.69, 9.17) is 15.2 Å². The molecule has 1 aromatic heterocycles. The van der Waals surface area contributed by atoms with Crippen molar-refractivity contribution in [2.24, 2.45) is 5.73 Å². The van der Waals surface area contributed by atoms with Gasteiger partial charge in [-0.25, -0.2) is 0 Å². The summed E-state index contributed by atoms with van der Waals surface area (Å²) < 4.78 is 10.8. The minimum Gasteiger partial charge on any atom is -0.497 e. The van der Waals surface area contributed by atoms with Crippen LogP contribution in [0, 0.1) is 11.3 Å². The molecule has 0 aliphatic carbocycles. The number of carbonyl (C=O) groups is 1.